The Morgan fingerprint density at radius 1 is 1.02 bits per heavy atom. The van der Waals surface area contributed by atoms with E-state index in [1.807, 2.05) is 48.5 Å². The van der Waals surface area contributed by atoms with Gasteiger partial charge < -0.3 is 19.5 Å². The molecule has 0 bridgehead atoms. The Labute approximate surface area is 242 Å². The van der Waals surface area contributed by atoms with Crippen LogP contribution in [0.3, 0.4) is 0 Å². The van der Waals surface area contributed by atoms with E-state index in [9.17, 15) is 18.0 Å². The lowest BCUT2D eigenvalue weighted by Crippen LogP contribution is -2.30. The highest BCUT2D eigenvalue weighted by molar-refractivity contribution is 7.89. The molecule has 1 aliphatic carbocycles. The second kappa shape index (κ2) is 10.9. The number of rotatable bonds is 6. The van der Waals surface area contributed by atoms with E-state index in [0.29, 0.717) is 40.1 Å². The van der Waals surface area contributed by atoms with Gasteiger partial charge in [-0.1, -0.05) is 24.3 Å². The number of fused-ring (bicyclic) bond motifs is 3. The fourth-order valence-corrected chi connectivity index (χ4v) is 5.67. The molecule has 1 amide bonds. The number of sulfonamides is 1. The fourth-order valence-electron chi connectivity index (χ4n) is 5.16. The Hall–Kier alpha value is -4.74. The van der Waals surface area contributed by atoms with Gasteiger partial charge in [0, 0.05) is 11.1 Å². The number of hydrogen-bond donors (Lipinski definition) is 2. The maximum Gasteiger partial charge on any atom is 0.339 e. The van der Waals surface area contributed by atoms with Gasteiger partial charge in [-0.2, -0.15) is 0 Å². The molecule has 6 rings (SSSR count). The number of benzene rings is 3. The zero-order chi connectivity index (χ0) is 29.4. The summed E-state index contributed by atoms with van der Waals surface area (Å²) >= 11 is 0. The van der Waals surface area contributed by atoms with Gasteiger partial charge >= 0.3 is 5.97 Å². The van der Waals surface area contributed by atoms with Gasteiger partial charge in [-0.3, -0.25) is 4.79 Å². The van der Waals surface area contributed by atoms with Crippen LogP contribution in [0, 0.1) is 0 Å². The molecule has 3 N–H and O–H groups in total. The number of hydrogen-bond acceptors (Lipinski definition) is 8. The van der Waals surface area contributed by atoms with Gasteiger partial charge in [0.15, 0.2) is 17.6 Å². The van der Waals surface area contributed by atoms with E-state index in [4.69, 9.17) is 24.3 Å². The van der Waals surface area contributed by atoms with E-state index >= 15 is 0 Å². The molecule has 2 aliphatic rings. The minimum absolute atomic E-state index is 0.0822. The maximum atomic E-state index is 13.7. The van der Waals surface area contributed by atoms with Crippen LogP contribution < -0.4 is 19.9 Å². The van der Waals surface area contributed by atoms with Crippen LogP contribution in [0.2, 0.25) is 0 Å². The molecule has 0 saturated carbocycles. The zero-order valence-corrected chi connectivity index (χ0v) is 23.4. The molecular formula is C31H27N3O7S. The summed E-state index contributed by atoms with van der Waals surface area (Å²) in [6, 6.07) is 18.5. The van der Waals surface area contributed by atoms with Gasteiger partial charge in [-0.15, -0.1) is 0 Å². The van der Waals surface area contributed by atoms with E-state index in [-0.39, 0.29) is 11.7 Å². The SMILES string of the molecule is C[C@@H](OC(=O)c1c2c(nc3ccccc13)/C(=C\c1ccc3c(c1)OCO3)CCC2)C(=O)Nc1ccc(S(N)(=O)=O)cc1. The molecule has 3 aromatic carbocycles. The van der Waals surface area contributed by atoms with Crippen LogP contribution in [0.1, 0.15) is 46.9 Å². The second-order valence-corrected chi connectivity index (χ2v) is 11.6. The number of anilines is 1. The highest BCUT2D eigenvalue weighted by Gasteiger charge is 2.28. The van der Waals surface area contributed by atoms with E-state index < -0.39 is 28.0 Å². The highest BCUT2D eigenvalue weighted by atomic mass is 32.2. The summed E-state index contributed by atoms with van der Waals surface area (Å²) in [6.45, 7) is 1.67. The second-order valence-electron chi connectivity index (χ2n) is 10.1. The molecule has 11 heteroatoms. The third kappa shape index (κ3) is 5.44. The predicted molar refractivity (Wildman–Crippen MR) is 156 cm³/mol. The van der Waals surface area contributed by atoms with Crippen molar-refractivity contribution in [3.05, 3.63) is 89.1 Å². The number of nitrogens with two attached hydrogens (primary N) is 1. The quantitative estimate of drug-likeness (QED) is 0.310. The first-order chi connectivity index (χ1) is 20.2. The first kappa shape index (κ1) is 27.4. The number of pyridine rings is 1. The zero-order valence-electron chi connectivity index (χ0n) is 22.6. The van der Waals surface area contributed by atoms with Crippen LogP contribution in [-0.2, 0) is 26.0 Å². The van der Waals surface area contributed by atoms with Crippen molar-refractivity contribution in [2.24, 2.45) is 5.14 Å². The van der Waals surface area contributed by atoms with Gasteiger partial charge in [0.05, 0.1) is 21.7 Å². The molecular weight excluding hydrogens is 558 g/mol. The van der Waals surface area contributed by atoms with Crippen LogP contribution in [-0.4, -0.2) is 38.2 Å². The molecule has 214 valence electrons. The fraction of sp³-hybridized carbons (Fsp3) is 0.194. The Morgan fingerprint density at radius 3 is 2.57 bits per heavy atom. The summed E-state index contributed by atoms with van der Waals surface area (Å²) in [7, 11) is -3.86. The van der Waals surface area contributed by atoms with E-state index in [2.05, 4.69) is 5.32 Å². The lowest BCUT2D eigenvalue weighted by Gasteiger charge is -2.23. The molecule has 0 radical (unpaired) electrons. The number of primary sulfonamides is 1. The summed E-state index contributed by atoms with van der Waals surface area (Å²) in [6.07, 6.45) is 3.14. The summed E-state index contributed by atoms with van der Waals surface area (Å²) in [5, 5.41) is 8.42. The first-order valence-electron chi connectivity index (χ1n) is 13.3. The number of nitrogens with one attached hydrogen (secondary N) is 1. The minimum atomic E-state index is -3.86. The number of carbonyl (C=O) groups excluding carboxylic acids is 2. The lowest BCUT2D eigenvalue weighted by atomic mass is 9.86. The number of allylic oxidation sites excluding steroid dienone is 1. The lowest BCUT2D eigenvalue weighted by molar-refractivity contribution is -0.123. The Balaban J connectivity index is 1.29. The molecule has 1 atom stereocenters. The number of para-hydroxylation sites is 1. The standard InChI is InChI=1S/C31H27N3O7S/c1-18(30(35)33-21-10-12-22(13-11-21)42(32,37)38)41-31(36)28-23-6-2-3-8-25(23)34-29-20(5-4-7-24(28)29)15-19-9-14-26-27(16-19)40-17-39-26/h2-3,6,8-16,18H,4-5,7,17H2,1H3,(H,33,35)(H2,32,37,38)/b20-15-/t18-/m1/s1. The van der Waals surface area contributed by atoms with Crippen molar-refractivity contribution >= 4 is 50.1 Å². The molecule has 2 heterocycles. The van der Waals surface area contributed by atoms with Gasteiger partial charge in [0.2, 0.25) is 16.8 Å². The molecule has 0 unspecified atom stereocenters. The van der Waals surface area contributed by atoms with Crippen molar-refractivity contribution < 1.29 is 32.2 Å². The normalized spacial score (nSPS) is 15.7. The van der Waals surface area contributed by atoms with Crippen molar-refractivity contribution in [1.82, 2.24) is 4.98 Å². The molecule has 4 aromatic rings. The van der Waals surface area contributed by atoms with Crippen LogP contribution in [0.4, 0.5) is 5.69 Å². The summed E-state index contributed by atoms with van der Waals surface area (Å²) in [5.41, 5.74) is 4.81. The molecule has 0 saturated heterocycles. The van der Waals surface area contributed by atoms with Crippen LogP contribution in [0.25, 0.3) is 22.6 Å². The van der Waals surface area contributed by atoms with Crippen molar-refractivity contribution in [2.75, 3.05) is 12.1 Å². The molecule has 1 aromatic heterocycles. The summed E-state index contributed by atoms with van der Waals surface area (Å²) < 4.78 is 39.6. The minimum Gasteiger partial charge on any atom is -0.454 e. The smallest absolute Gasteiger partial charge is 0.339 e. The van der Waals surface area contributed by atoms with Crippen molar-refractivity contribution in [3.63, 3.8) is 0 Å². The summed E-state index contributed by atoms with van der Waals surface area (Å²) in [5.74, 6) is 0.196. The largest absolute Gasteiger partial charge is 0.454 e. The van der Waals surface area contributed by atoms with Crippen LogP contribution in [0.15, 0.2) is 71.6 Å². The Morgan fingerprint density at radius 2 is 1.79 bits per heavy atom. The number of esters is 1. The monoisotopic (exact) mass is 585 g/mol. The Bertz CT molecular complexity index is 1870. The summed E-state index contributed by atoms with van der Waals surface area (Å²) in [4.78, 5) is 31.4. The number of amides is 1. The molecule has 1 aliphatic heterocycles. The number of ether oxygens (including phenoxy) is 3. The third-order valence-corrected chi connectivity index (χ3v) is 8.14. The van der Waals surface area contributed by atoms with Crippen LogP contribution >= 0.6 is 0 Å². The average molecular weight is 586 g/mol. The van der Waals surface area contributed by atoms with Gasteiger partial charge in [0.25, 0.3) is 5.91 Å². The first-order valence-corrected chi connectivity index (χ1v) is 14.9. The topological polar surface area (TPSA) is 147 Å². The number of carbonyl (C=O) groups is 2. The predicted octanol–water partition coefficient (Wildman–Crippen LogP) is 4.67. The van der Waals surface area contributed by atoms with E-state index in [1.165, 1.54) is 31.2 Å². The van der Waals surface area contributed by atoms with E-state index in [1.54, 1.807) is 0 Å². The van der Waals surface area contributed by atoms with Gasteiger partial charge in [0.1, 0.15) is 0 Å². The molecule has 42 heavy (non-hydrogen) atoms. The van der Waals surface area contributed by atoms with Gasteiger partial charge in [-0.25, -0.2) is 23.3 Å². The third-order valence-electron chi connectivity index (χ3n) is 7.22. The molecule has 0 fully saturated rings. The van der Waals surface area contributed by atoms with E-state index in [0.717, 1.165) is 35.2 Å². The maximum absolute atomic E-state index is 13.7. The number of aromatic nitrogens is 1. The number of nitrogens with zero attached hydrogens (tertiary/aromatic N) is 1. The van der Waals surface area contributed by atoms with Crippen LogP contribution in [0.5, 0.6) is 11.5 Å². The highest BCUT2D eigenvalue weighted by Crippen LogP contribution is 2.38. The van der Waals surface area contributed by atoms with Crippen molar-refractivity contribution in [1.29, 1.82) is 0 Å². The van der Waals surface area contributed by atoms with Gasteiger partial charge in [-0.05, 0) is 91.4 Å². The molecule has 0 spiro atoms. The molecule has 10 nitrogen and oxygen atoms in total. The Kier molecular flexibility index (Phi) is 7.13. The van der Waals surface area contributed by atoms with Crippen molar-refractivity contribution in [2.45, 2.75) is 37.2 Å². The van der Waals surface area contributed by atoms with Crippen molar-refractivity contribution in [3.8, 4) is 11.5 Å². The average Bonchev–Trinajstić information content (AvgIpc) is 3.44.